The van der Waals surface area contributed by atoms with Crippen LogP contribution in [-0.4, -0.2) is 40.9 Å². The van der Waals surface area contributed by atoms with Gasteiger partial charge in [0.1, 0.15) is 5.60 Å². The molecular formula is C14H23NO3. The van der Waals surface area contributed by atoms with E-state index in [4.69, 9.17) is 9.47 Å². The van der Waals surface area contributed by atoms with Crippen molar-refractivity contribution in [2.24, 2.45) is 0 Å². The van der Waals surface area contributed by atoms with Crippen molar-refractivity contribution in [3.8, 4) is 0 Å². The first-order valence-electron chi connectivity index (χ1n) is 7.04. The van der Waals surface area contributed by atoms with Crippen LogP contribution in [0.25, 0.3) is 0 Å². The quantitative estimate of drug-likeness (QED) is 0.623. The molecule has 3 fully saturated rings. The Labute approximate surface area is 109 Å². The summed E-state index contributed by atoms with van der Waals surface area (Å²) >= 11 is 0. The highest BCUT2D eigenvalue weighted by atomic mass is 16.6. The highest BCUT2D eigenvalue weighted by Gasteiger charge is 2.56. The van der Waals surface area contributed by atoms with Gasteiger partial charge in [-0.1, -0.05) is 0 Å². The van der Waals surface area contributed by atoms with E-state index in [2.05, 4.69) is 0 Å². The minimum absolute atomic E-state index is 0.119. The van der Waals surface area contributed by atoms with Crippen molar-refractivity contribution < 1.29 is 14.3 Å². The molecule has 2 atom stereocenters. The van der Waals surface area contributed by atoms with E-state index < -0.39 is 5.60 Å². The molecule has 0 aromatic carbocycles. The number of hydrogen-bond acceptors (Lipinski definition) is 3. The van der Waals surface area contributed by atoms with Crippen molar-refractivity contribution in [3.63, 3.8) is 0 Å². The predicted molar refractivity (Wildman–Crippen MR) is 67.4 cm³/mol. The van der Waals surface area contributed by atoms with Gasteiger partial charge in [0.15, 0.2) is 0 Å². The van der Waals surface area contributed by atoms with Crippen molar-refractivity contribution in [2.45, 2.75) is 76.2 Å². The van der Waals surface area contributed by atoms with Crippen molar-refractivity contribution >= 4 is 6.09 Å². The lowest BCUT2D eigenvalue weighted by atomic mass is 9.79. The minimum Gasteiger partial charge on any atom is -0.444 e. The topological polar surface area (TPSA) is 42.1 Å². The number of piperidine rings is 2. The van der Waals surface area contributed by atoms with E-state index in [9.17, 15) is 4.79 Å². The van der Waals surface area contributed by atoms with Crippen LogP contribution < -0.4 is 0 Å². The van der Waals surface area contributed by atoms with E-state index >= 15 is 0 Å². The minimum atomic E-state index is -0.406. The van der Waals surface area contributed by atoms with Gasteiger partial charge in [-0.3, -0.25) is 0 Å². The molecule has 3 aliphatic heterocycles. The van der Waals surface area contributed by atoms with Crippen LogP contribution in [0.5, 0.6) is 0 Å². The van der Waals surface area contributed by atoms with Crippen LogP contribution in [0.4, 0.5) is 4.79 Å². The van der Waals surface area contributed by atoms with Crippen LogP contribution in [0.15, 0.2) is 0 Å². The first-order valence-corrected chi connectivity index (χ1v) is 7.04. The number of hydrogen-bond donors (Lipinski definition) is 0. The number of nitrogens with zero attached hydrogens (tertiary/aromatic N) is 1. The summed E-state index contributed by atoms with van der Waals surface area (Å²) in [5.74, 6) is 0. The number of ether oxygens (including phenoxy) is 2. The molecule has 4 heteroatoms. The van der Waals surface area contributed by atoms with E-state index in [-0.39, 0.29) is 11.7 Å². The molecule has 3 rings (SSSR count). The number of amides is 1. The summed E-state index contributed by atoms with van der Waals surface area (Å²) in [6.07, 6.45) is 5.30. The Morgan fingerprint density at radius 2 is 1.83 bits per heavy atom. The third-order valence-electron chi connectivity index (χ3n) is 4.23. The van der Waals surface area contributed by atoms with Gasteiger partial charge < -0.3 is 14.4 Å². The Morgan fingerprint density at radius 1 is 1.28 bits per heavy atom. The average molecular weight is 253 g/mol. The Kier molecular flexibility index (Phi) is 2.63. The van der Waals surface area contributed by atoms with Crippen LogP contribution in [0, 0.1) is 0 Å². The molecule has 2 bridgehead atoms. The van der Waals surface area contributed by atoms with Crippen molar-refractivity contribution in [1.82, 2.24) is 4.90 Å². The Hall–Kier alpha value is -0.770. The second-order valence-corrected chi connectivity index (χ2v) is 7.01. The molecule has 0 radical (unpaired) electrons. The molecule has 3 heterocycles. The third kappa shape index (κ3) is 2.22. The first-order chi connectivity index (χ1) is 8.39. The lowest BCUT2D eigenvalue weighted by Crippen LogP contribution is -2.57. The molecule has 102 valence electrons. The van der Waals surface area contributed by atoms with Crippen molar-refractivity contribution in [2.75, 3.05) is 6.61 Å². The summed E-state index contributed by atoms with van der Waals surface area (Å²) in [6.45, 7) is 6.67. The smallest absolute Gasteiger partial charge is 0.410 e. The van der Waals surface area contributed by atoms with Gasteiger partial charge in [-0.2, -0.15) is 0 Å². The number of carbonyl (C=O) groups is 1. The Bertz CT molecular complexity index is 341. The molecular weight excluding hydrogens is 230 g/mol. The van der Waals surface area contributed by atoms with Crippen LogP contribution in [-0.2, 0) is 9.47 Å². The maximum absolute atomic E-state index is 12.3. The van der Waals surface area contributed by atoms with Crippen LogP contribution >= 0.6 is 0 Å². The maximum Gasteiger partial charge on any atom is 0.410 e. The van der Waals surface area contributed by atoms with Gasteiger partial charge >= 0.3 is 6.09 Å². The van der Waals surface area contributed by atoms with Gasteiger partial charge in [0, 0.05) is 12.1 Å². The van der Waals surface area contributed by atoms with Crippen LogP contribution in [0.3, 0.4) is 0 Å². The highest BCUT2D eigenvalue weighted by molar-refractivity contribution is 5.69. The summed E-state index contributed by atoms with van der Waals surface area (Å²) in [7, 11) is 0. The van der Waals surface area contributed by atoms with Gasteiger partial charge in [0.25, 0.3) is 0 Å². The molecule has 1 amide bonds. The lowest BCUT2D eigenvalue weighted by Gasteiger charge is -2.48. The first kappa shape index (κ1) is 12.3. The van der Waals surface area contributed by atoms with Crippen LogP contribution in [0.2, 0.25) is 0 Å². The van der Waals surface area contributed by atoms with E-state index in [0.717, 1.165) is 32.3 Å². The number of epoxide rings is 1. The van der Waals surface area contributed by atoms with Gasteiger partial charge in [0.2, 0.25) is 0 Å². The average Bonchev–Trinajstić information content (AvgIpc) is 2.93. The standard InChI is InChI=1S/C14H23NO3/c1-13(2,3)18-12(16)15-10-5-4-6-11(15)8-14(7-10)9-17-14/h10-11H,4-9H2,1-3H3. The zero-order chi connectivity index (χ0) is 13.0. The van der Waals surface area contributed by atoms with Gasteiger partial charge in [0.05, 0.1) is 12.2 Å². The fraction of sp³-hybridized carbons (Fsp3) is 0.929. The van der Waals surface area contributed by atoms with E-state index in [0.29, 0.717) is 12.1 Å². The molecule has 0 aromatic rings. The fourth-order valence-corrected chi connectivity index (χ4v) is 3.46. The summed E-state index contributed by atoms with van der Waals surface area (Å²) in [5.41, 5.74) is -0.287. The molecule has 0 aliphatic carbocycles. The van der Waals surface area contributed by atoms with E-state index in [1.165, 1.54) is 6.42 Å². The molecule has 1 spiro atoms. The zero-order valence-corrected chi connectivity index (χ0v) is 11.6. The Morgan fingerprint density at radius 3 is 2.28 bits per heavy atom. The largest absolute Gasteiger partial charge is 0.444 e. The molecule has 2 unspecified atom stereocenters. The molecule has 18 heavy (non-hydrogen) atoms. The van der Waals surface area contributed by atoms with Gasteiger partial charge in [-0.15, -0.1) is 0 Å². The second kappa shape index (κ2) is 3.86. The predicted octanol–water partition coefficient (Wildman–Crippen LogP) is 2.71. The summed E-state index contributed by atoms with van der Waals surface area (Å²) in [5, 5.41) is 0. The van der Waals surface area contributed by atoms with E-state index in [1.54, 1.807) is 0 Å². The normalized spacial score (nSPS) is 38.7. The lowest BCUT2D eigenvalue weighted by molar-refractivity contribution is -0.0326. The third-order valence-corrected chi connectivity index (χ3v) is 4.23. The zero-order valence-electron chi connectivity index (χ0n) is 11.6. The number of carbonyl (C=O) groups excluding carboxylic acids is 1. The van der Waals surface area contributed by atoms with Crippen LogP contribution in [0.1, 0.15) is 52.9 Å². The van der Waals surface area contributed by atoms with Gasteiger partial charge in [-0.25, -0.2) is 4.79 Å². The summed E-state index contributed by atoms with van der Waals surface area (Å²) < 4.78 is 11.2. The van der Waals surface area contributed by atoms with Crippen molar-refractivity contribution in [1.29, 1.82) is 0 Å². The SMILES string of the molecule is CC(C)(C)OC(=O)N1C2CCCC1CC1(CO1)C2. The molecule has 0 saturated carbocycles. The molecule has 4 nitrogen and oxygen atoms in total. The number of rotatable bonds is 0. The van der Waals surface area contributed by atoms with Crippen molar-refractivity contribution in [3.05, 3.63) is 0 Å². The second-order valence-electron chi connectivity index (χ2n) is 7.01. The molecule has 0 N–H and O–H groups in total. The highest BCUT2D eigenvalue weighted by Crippen LogP contribution is 2.47. The summed E-state index contributed by atoms with van der Waals surface area (Å²) in [4.78, 5) is 14.3. The fourth-order valence-electron chi connectivity index (χ4n) is 3.46. The molecule has 3 saturated heterocycles. The molecule has 3 aliphatic rings. The summed E-state index contributed by atoms with van der Waals surface area (Å²) in [6, 6.07) is 0.657. The van der Waals surface area contributed by atoms with E-state index in [1.807, 2.05) is 25.7 Å². The Balaban J connectivity index is 1.73. The number of fused-ring (bicyclic) bond motifs is 2. The molecule has 0 aromatic heterocycles. The van der Waals surface area contributed by atoms with Gasteiger partial charge in [-0.05, 0) is 52.9 Å². The monoisotopic (exact) mass is 253 g/mol. The maximum atomic E-state index is 12.3.